The zero-order valence-electron chi connectivity index (χ0n) is 22.6. The number of rotatable bonds is 11. The third-order valence-corrected chi connectivity index (χ3v) is 8.20. The SMILES string of the molecule is COC(=O)[C@H](C)NP(=O)(Oc1ccccc1)OC1O[C@@H](n2cnc3c(N(C)NS(C)(=O)=O)ncnc32)[C@](C)(O)C1O. The molecule has 4 rings (SSSR count). The molecule has 3 aromatic rings. The standard InChI is InChI=1S/C22H30N7O10PS/c1-13(19(31)36-4)26-40(33,38-14-9-7-6-8-10-14)39-20-16(30)22(2,32)21(37-20)29-12-25-15-17(23-11-24-18(15)29)28(3)27-41(5,34)35/h6-13,16,20-21,27,30,32H,1-5H3,(H,26,33)/t13-,16?,20?,21+,22+,40?/m0/s1. The number of hydrazine groups is 1. The number of sulfonamides is 1. The van der Waals surface area contributed by atoms with Crippen molar-refractivity contribution in [1.82, 2.24) is 29.4 Å². The number of hydrogen-bond donors (Lipinski definition) is 4. The molecule has 0 bridgehead atoms. The van der Waals surface area contributed by atoms with Gasteiger partial charge in [0.25, 0.3) is 0 Å². The number of methoxy groups -OCH3 is 1. The summed E-state index contributed by atoms with van der Waals surface area (Å²) in [5.74, 6) is -0.557. The number of anilines is 1. The number of aromatic nitrogens is 4. The summed E-state index contributed by atoms with van der Waals surface area (Å²) >= 11 is 0. The van der Waals surface area contributed by atoms with Gasteiger partial charge in [-0.1, -0.05) is 18.2 Å². The molecule has 4 N–H and O–H groups in total. The summed E-state index contributed by atoms with van der Waals surface area (Å²) in [6, 6.07) is 6.78. The Morgan fingerprint density at radius 3 is 2.59 bits per heavy atom. The lowest BCUT2D eigenvalue weighted by Gasteiger charge is -2.27. The predicted octanol–water partition coefficient (Wildman–Crippen LogP) is 0.0483. The highest BCUT2D eigenvalue weighted by Crippen LogP contribution is 2.51. The number of imidazole rings is 1. The first kappa shape index (κ1) is 30.7. The number of carbonyl (C=O) groups excluding carboxylic acids is 1. The van der Waals surface area contributed by atoms with Crippen LogP contribution < -0.4 is 19.5 Å². The Morgan fingerprint density at radius 2 is 1.95 bits per heavy atom. The first-order valence-electron chi connectivity index (χ1n) is 12.0. The second kappa shape index (κ2) is 11.6. The van der Waals surface area contributed by atoms with Crippen molar-refractivity contribution in [2.75, 3.05) is 25.4 Å². The quantitative estimate of drug-likeness (QED) is 0.127. The van der Waals surface area contributed by atoms with E-state index in [9.17, 15) is 28.0 Å². The Kier molecular flexibility index (Phi) is 8.68. The Hall–Kier alpha value is -3.22. The van der Waals surface area contributed by atoms with Gasteiger partial charge in [0.2, 0.25) is 16.3 Å². The number of nitrogens with zero attached hydrogens (tertiary/aromatic N) is 5. The van der Waals surface area contributed by atoms with Gasteiger partial charge >= 0.3 is 13.7 Å². The van der Waals surface area contributed by atoms with Gasteiger partial charge in [0.15, 0.2) is 23.2 Å². The molecule has 1 aromatic carbocycles. The van der Waals surface area contributed by atoms with E-state index in [4.69, 9.17) is 13.8 Å². The molecule has 0 saturated carbocycles. The molecular weight excluding hydrogens is 585 g/mol. The van der Waals surface area contributed by atoms with E-state index in [0.717, 1.165) is 24.7 Å². The smallest absolute Gasteiger partial charge is 0.461 e. The van der Waals surface area contributed by atoms with Gasteiger partial charge in [0, 0.05) is 7.05 Å². The van der Waals surface area contributed by atoms with Crippen molar-refractivity contribution in [1.29, 1.82) is 0 Å². The lowest BCUT2D eigenvalue weighted by atomic mass is 9.99. The number of carbonyl (C=O) groups is 1. The lowest BCUT2D eigenvalue weighted by molar-refractivity contribution is -0.143. The van der Waals surface area contributed by atoms with Crippen LogP contribution in [0.15, 0.2) is 43.0 Å². The monoisotopic (exact) mass is 615 g/mol. The maximum absolute atomic E-state index is 13.8. The average Bonchev–Trinajstić information content (AvgIpc) is 3.41. The maximum atomic E-state index is 13.8. The summed E-state index contributed by atoms with van der Waals surface area (Å²) in [7, 11) is -5.56. The van der Waals surface area contributed by atoms with Crippen molar-refractivity contribution in [3.05, 3.63) is 43.0 Å². The summed E-state index contributed by atoms with van der Waals surface area (Å²) < 4.78 is 60.2. The molecule has 1 aliphatic heterocycles. The molecule has 3 heterocycles. The second-order valence-corrected chi connectivity index (χ2v) is 12.7. The molecule has 17 nitrogen and oxygen atoms in total. The van der Waals surface area contributed by atoms with E-state index >= 15 is 0 Å². The van der Waals surface area contributed by atoms with E-state index in [1.807, 2.05) is 0 Å². The molecule has 19 heteroatoms. The number of benzene rings is 1. The number of aliphatic hydroxyl groups is 2. The summed E-state index contributed by atoms with van der Waals surface area (Å²) in [6.45, 7) is 2.62. The Balaban J connectivity index is 1.65. The van der Waals surface area contributed by atoms with Crippen LogP contribution in [-0.2, 0) is 33.4 Å². The van der Waals surface area contributed by atoms with Gasteiger partial charge in [-0.25, -0.2) is 27.9 Å². The third-order valence-electron chi connectivity index (χ3n) is 5.95. The van der Waals surface area contributed by atoms with Crippen LogP contribution in [0, 0.1) is 0 Å². The van der Waals surface area contributed by atoms with Crippen molar-refractivity contribution in [3.63, 3.8) is 0 Å². The molecule has 6 atom stereocenters. The molecule has 0 radical (unpaired) electrons. The van der Waals surface area contributed by atoms with E-state index in [1.165, 1.54) is 43.9 Å². The normalized spacial score (nSPS) is 25.0. The largest absolute Gasteiger partial charge is 0.468 e. The number of esters is 1. The highest BCUT2D eigenvalue weighted by molar-refractivity contribution is 7.88. The molecule has 0 amide bonds. The van der Waals surface area contributed by atoms with Crippen LogP contribution in [-0.4, -0.2) is 88.6 Å². The fourth-order valence-corrected chi connectivity index (χ4v) is 6.20. The summed E-state index contributed by atoms with van der Waals surface area (Å²) in [4.78, 5) is 26.8. The minimum atomic E-state index is -4.47. The van der Waals surface area contributed by atoms with Crippen molar-refractivity contribution < 1.29 is 46.5 Å². The van der Waals surface area contributed by atoms with Gasteiger partial charge in [-0.15, -0.1) is 4.83 Å². The molecule has 2 aromatic heterocycles. The van der Waals surface area contributed by atoms with E-state index in [1.54, 1.807) is 18.2 Å². The van der Waals surface area contributed by atoms with E-state index in [2.05, 4.69) is 29.6 Å². The molecule has 3 unspecified atom stereocenters. The van der Waals surface area contributed by atoms with E-state index in [0.29, 0.717) is 0 Å². The van der Waals surface area contributed by atoms with E-state index in [-0.39, 0.29) is 22.7 Å². The van der Waals surface area contributed by atoms with Gasteiger partial charge in [0.1, 0.15) is 29.8 Å². The first-order chi connectivity index (χ1) is 19.1. The van der Waals surface area contributed by atoms with Crippen LogP contribution in [0.25, 0.3) is 11.2 Å². The molecule has 1 aliphatic rings. The van der Waals surface area contributed by atoms with Crippen LogP contribution in [0.2, 0.25) is 0 Å². The van der Waals surface area contributed by atoms with Crippen LogP contribution in [0.4, 0.5) is 5.82 Å². The molecule has 1 saturated heterocycles. The Morgan fingerprint density at radius 1 is 1.27 bits per heavy atom. The molecule has 0 spiro atoms. The zero-order chi connectivity index (χ0) is 30.2. The molecular formula is C22H30N7O10PS. The third kappa shape index (κ3) is 6.65. The highest BCUT2D eigenvalue weighted by Gasteiger charge is 2.56. The number of aliphatic hydroxyl groups excluding tert-OH is 1. The maximum Gasteiger partial charge on any atom is 0.461 e. The highest BCUT2D eigenvalue weighted by atomic mass is 32.2. The predicted molar refractivity (Wildman–Crippen MR) is 143 cm³/mol. The molecule has 224 valence electrons. The van der Waals surface area contributed by atoms with Gasteiger partial charge < -0.3 is 24.2 Å². The second-order valence-electron chi connectivity index (χ2n) is 9.35. The summed E-state index contributed by atoms with van der Waals surface area (Å²) in [5, 5.41) is 25.8. The number of fused-ring (bicyclic) bond motifs is 1. The topological polar surface area (TPSA) is 217 Å². The van der Waals surface area contributed by atoms with E-state index < -0.39 is 54.0 Å². The van der Waals surface area contributed by atoms with Crippen LogP contribution in [0.1, 0.15) is 20.1 Å². The van der Waals surface area contributed by atoms with Crippen molar-refractivity contribution in [2.24, 2.45) is 0 Å². The zero-order valence-corrected chi connectivity index (χ0v) is 24.3. The minimum Gasteiger partial charge on any atom is -0.468 e. The van der Waals surface area contributed by atoms with Gasteiger partial charge in [-0.2, -0.15) is 5.09 Å². The number of ether oxygens (including phenoxy) is 2. The summed E-state index contributed by atoms with van der Waals surface area (Å²) in [6.07, 6.45) is -1.58. The molecule has 1 fully saturated rings. The van der Waals surface area contributed by atoms with Gasteiger partial charge in [-0.3, -0.25) is 18.9 Å². The van der Waals surface area contributed by atoms with Crippen LogP contribution in [0.3, 0.4) is 0 Å². The lowest BCUT2D eigenvalue weighted by Crippen LogP contribution is -2.44. The van der Waals surface area contributed by atoms with Gasteiger partial charge in [0.05, 0.1) is 19.7 Å². The van der Waals surface area contributed by atoms with Crippen LogP contribution >= 0.6 is 7.75 Å². The minimum absolute atomic E-state index is 0.0897. The van der Waals surface area contributed by atoms with Crippen molar-refractivity contribution in [2.45, 2.75) is 44.1 Å². The van der Waals surface area contributed by atoms with Gasteiger partial charge in [-0.05, 0) is 26.0 Å². The fraction of sp³-hybridized carbons (Fsp3) is 0.455. The average molecular weight is 616 g/mol. The Bertz CT molecular complexity index is 1550. The molecule has 41 heavy (non-hydrogen) atoms. The van der Waals surface area contributed by atoms with Crippen molar-refractivity contribution in [3.8, 4) is 5.75 Å². The number of para-hydroxylation sites is 1. The van der Waals surface area contributed by atoms with Crippen LogP contribution in [0.5, 0.6) is 5.75 Å². The fourth-order valence-electron chi connectivity index (χ4n) is 4.04. The number of hydrogen-bond acceptors (Lipinski definition) is 14. The van der Waals surface area contributed by atoms with Crippen molar-refractivity contribution >= 4 is 40.7 Å². The first-order valence-corrected chi connectivity index (χ1v) is 15.4. The Labute approximate surface area is 235 Å². The molecule has 0 aliphatic carbocycles. The summed E-state index contributed by atoms with van der Waals surface area (Å²) in [5.41, 5.74) is -1.82. The number of nitrogens with one attached hydrogen (secondary N) is 2.